The molecule has 0 aromatic carbocycles. The second-order valence-corrected chi connectivity index (χ2v) is 4.10. The molecule has 1 aliphatic rings. The lowest BCUT2D eigenvalue weighted by Gasteiger charge is -2.20. The zero-order valence-corrected chi connectivity index (χ0v) is 8.82. The topological polar surface area (TPSA) is 16.1 Å². The molecular weight excluding hydrogens is 172 g/mol. The molecule has 1 aromatic rings. The van der Waals surface area contributed by atoms with Crippen LogP contribution in [0, 0.1) is 0 Å². The van der Waals surface area contributed by atoms with Crippen LogP contribution >= 0.6 is 0 Å². The largest absolute Gasteiger partial charge is 0.300 e. The van der Waals surface area contributed by atoms with E-state index >= 15 is 0 Å². The number of rotatable bonds is 3. The summed E-state index contributed by atoms with van der Waals surface area (Å²) in [7, 11) is 0. The third-order valence-corrected chi connectivity index (χ3v) is 3.07. The Morgan fingerprint density at radius 2 is 2.43 bits per heavy atom. The van der Waals surface area contributed by atoms with Gasteiger partial charge in [-0.15, -0.1) is 0 Å². The number of hydrogen-bond donors (Lipinski definition) is 0. The maximum atomic E-state index is 4.34. The molecule has 2 heterocycles. The van der Waals surface area contributed by atoms with E-state index in [9.17, 15) is 0 Å². The Labute approximate surface area is 86.0 Å². The van der Waals surface area contributed by atoms with Gasteiger partial charge in [0, 0.05) is 30.9 Å². The van der Waals surface area contributed by atoms with Gasteiger partial charge in [-0.2, -0.15) is 0 Å². The van der Waals surface area contributed by atoms with Gasteiger partial charge in [0.05, 0.1) is 0 Å². The molecule has 2 rings (SSSR count). The summed E-state index contributed by atoms with van der Waals surface area (Å²) >= 11 is 0. The van der Waals surface area contributed by atoms with Crippen molar-refractivity contribution in [2.45, 2.75) is 32.2 Å². The highest BCUT2D eigenvalue weighted by Gasteiger charge is 2.19. The van der Waals surface area contributed by atoms with Crippen molar-refractivity contribution in [1.29, 1.82) is 0 Å². The van der Waals surface area contributed by atoms with E-state index in [0.29, 0.717) is 0 Å². The van der Waals surface area contributed by atoms with E-state index in [1.54, 1.807) is 0 Å². The number of hydrogen-bond acceptors (Lipinski definition) is 2. The van der Waals surface area contributed by atoms with Gasteiger partial charge in [-0.1, -0.05) is 6.07 Å². The van der Waals surface area contributed by atoms with Crippen LogP contribution in [0.5, 0.6) is 0 Å². The average Bonchev–Trinajstić information content (AvgIpc) is 2.63. The molecule has 0 spiro atoms. The summed E-state index contributed by atoms with van der Waals surface area (Å²) in [6.45, 7) is 4.76. The normalized spacial score (nSPS) is 22.8. The van der Waals surface area contributed by atoms with Crippen LogP contribution in [-0.2, 0) is 6.42 Å². The average molecular weight is 190 g/mol. The molecule has 1 aliphatic heterocycles. The predicted molar refractivity (Wildman–Crippen MR) is 58.2 cm³/mol. The van der Waals surface area contributed by atoms with Crippen molar-refractivity contribution in [1.82, 2.24) is 9.88 Å². The van der Waals surface area contributed by atoms with Gasteiger partial charge in [-0.3, -0.25) is 4.98 Å². The van der Waals surface area contributed by atoms with Crippen molar-refractivity contribution in [3.63, 3.8) is 0 Å². The first-order valence-corrected chi connectivity index (χ1v) is 5.50. The van der Waals surface area contributed by atoms with Gasteiger partial charge < -0.3 is 4.90 Å². The fraction of sp³-hybridized carbons (Fsp3) is 0.583. The van der Waals surface area contributed by atoms with Crippen molar-refractivity contribution in [3.05, 3.63) is 30.1 Å². The highest BCUT2D eigenvalue weighted by atomic mass is 15.2. The standard InChI is InChI=1S/C12H18N2/c1-11-5-4-9-14(11)10-7-12-6-2-3-8-13-12/h2-3,6,8,11H,4-5,7,9-10H2,1H3/t11-/m0/s1. The summed E-state index contributed by atoms with van der Waals surface area (Å²) in [5, 5.41) is 0. The van der Waals surface area contributed by atoms with Gasteiger partial charge in [0.1, 0.15) is 0 Å². The molecule has 0 unspecified atom stereocenters. The molecule has 1 aromatic heterocycles. The summed E-state index contributed by atoms with van der Waals surface area (Å²) in [6, 6.07) is 6.93. The third kappa shape index (κ3) is 2.32. The Kier molecular flexibility index (Phi) is 3.14. The fourth-order valence-electron chi connectivity index (χ4n) is 2.13. The number of pyridine rings is 1. The smallest absolute Gasteiger partial charge is 0.0416 e. The van der Waals surface area contributed by atoms with E-state index in [1.807, 2.05) is 12.3 Å². The molecule has 14 heavy (non-hydrogen) atoms. The number of likely N-dealkylation sites (tertiary alicyclic amines) is 1. The Bertz CT molecular complexity index is 271. The van der Waals surface area contributed by atoms with Crippen molar-refractivity contribution < 1.29 is 0 Å². The molecule has 0 N–H and O–H groups in total. The SMILES string of the molecule is C[C@H]1CCCN1CCc1ccccn1. The van der Waals surface area contributed by atoms with Crippen molar-refractivity contribution >= 4 is 0 Å². The van der Waals surface area contributed by atoms with Crippen LogP contribution in [0.4, 0.5) is 0 Å². The molecule has 0 saturated carbocycles. The van der Waals surface area contributed by atoms with Gasteiger partial charge in [0.25, 0.3) is 0 Å². The summed E-state index contributed by atoms with van der Waals surface area (Å²) in [4.78, 5) is 6.90. The summed E-state index contributed by atoms with van der Waals surface area (Å²) in [6.07, 6.45) is 5.69. The van der Waals surface area contributed by atoms with Gasteiger partial charge in [-0.05, 0) is 38.4 Å². The van der Waals surface area contributed by atoms with Crippen molar-refractivity contribution in [3.8, 4) is 0 Å². The lowest BCUT2D eigenvalue weighted by atomic mass is 10.2. The molecule has 2 nitrogen and oxygen atoms in total. The molecule has 0 radical (unpaired) electrons. The molecule has 2 heteroatoms. The van der Waals surface area contributed by atoms with Crippen LogP contribution in [0.3, 0.4) is 0 Å². The predicted octanol–water partition coefficient (Wildman–Crippen LogP) is 2.11. The first-order valence-electron chi connectivity index (χ1n) is 5.50. The Balaban J connectivity index is 1.82. The molecule has 76 valence electrons. The minimum absolute atomic E-state index is 0.777. The minimum Gasteiger partial charge on any atom is -0.300 e. The minimum atomic E-state index is 0.777. The third-order valence-electron chi connectivity index (χ3n) is 3.07. The first-order chi connectivity index (χ1) is 6.86. The fourth-order valence-corrected chi connectivity index (χ4v) is 2.13. The molecule has 0 amide bonds. The summed E-state index contributed by atoms with van der Waals surface area (Å²) in [5.41, 5.74) is 1.21. The second-order valence-electron chi connectivity index (χ2n) is 4.10. The van der Waals surface area contributed by atoms with E-state index < -0.39 is 0 Å². The number of nitrogens with zero attached hydrogens (tertiary/aromatic N) is 2. The second kappa shape index (κ2) is 4.56. The lowest BCUT2D eigenvalue weighted by molar-refractivity contribution is 0.271. The van der Waals surface area contributed by atoms with Gasteiger partial charge >= 0.3 is 0 Å². The van der Waals surface area contributed by atoms with Crippen LogP contribution in [0.2, 0.25) is 0 Å². The van der Waals surface area contributed by atoms with E-state index in [4.69, 9.17) is 0 Å². The van der Waals surface area contributed by atoms with Gasteiger partial charge in [0.15, 0.2) is 0 Å². The molecular formula is C12H18N2. The highest BCUT2D eigenvalue weighted by Crippen LogP contribution is 2.16. The van der Waals surface area contributed by atoms with Crippen molar-refractivity contribution in [2.24, 2.45) is 0 Å². The van der Waals surface area contributed by atoms with Gasteiger partial charge in [0.2, 0.25) is 0 Å². The summed E-state index contributed by atoms with van der Waals surface area (Å²) in [5.74, 6) is 0. The maximum absolute atomic E-state index is 4.34. The zero-order valence-electron chi connectivity index (χ0n) is 8.82. The lowest BCUT2D eigenvalue weighted by Crippen LogP contribution is -2.29. The first kappa shape index (κ1) is 9.66. The zero-order chi connectivity index (χ0) is 9.80. The molecule has 1 atom stereocenters. The van der Waals surface area contributed by atoms with Crippen LogP contribution in [-0.4, -0.2) is 29.0 Å². The Morgan fingerprint density at radius 1 is 1.50 bits per heavy atom. The van der Waals surface area contributed by atoms with Crippen LogP contribution in [0.1, 0.15) is 25.5 Å². The van der Waals surface area contributed by atoms with Crippen molar-refractivity contribution in [2.75, 3.05) is 13.1 Å². The highest BCUT2D eigenvalue weighted by molar-refractivity contribution is 5.03. The van der Waals surface area contributed by atoms with E-state index in [0.717, 1.165) is 19.0 Å². The molecule has 1 fully saturated rings. The van der Waals surface area contributed by atoms with Crippen LogP contribution in [0.25, 0.3) is 0 Å². The molecule has 0 aliphatic carbocycles. The van der Waals surface area contributed by atoms with Gasteiger partial charge in [-0.25, -0.2) is 0 Å². The summed E-state index contributed by atoms with van der Waals surface area (Å²) < 4.78 is 0. The molecule has 1 saturated heterocycles. The van der Waals surface area contributed by atoms with Crippen LogP contribution < -0.4 is 0 Å². The molecule has 0 bridgehead atoms. The maximum Gasteiger partial charge on any atom is 0.0416 e. The Morgan fingerprint density at radius 3 is 3.07 bits per heavy atom. The number of aromatic nitrogens is 1. The quantitative estimate of drug-likeness (QED) is 0.725. The Hall–Kier alpha value is -0.890. The van der Waals surface area contributed by atoms with E-state index in [1.165, 1.54) is 25.1 Å². The van der Waals surface area contributed by atoms with E-state index in [2.05, 4.69) is 28.9 Å². The van der Waals surface area contributed by atoms with Crippen LogP contribution in [0.15, 0.2) is 24.4 Å². The monoisotopic (exact) mass is 190 g/mol. The van der Waals surface area contributed by atoms with E-state index in [-0.39, 0.29) is 0 Å².